The first-order valence-corrected chi connectivity index (χ1v) is 9.24. The van der Waals surface area contributed by atoms with Crippen molar-refractivity contribution in [1.29, 1.82) is 0 Å². The molecule has 0 saturated heterocycles. The van der Waals surface area contributed by atoms with Gasteiger partial charge in [-0.2, -0.15) is 4.68 Å². The third-order valence-corrected chi connectivity index (χ3v) is 4.74. The van der Waals surface area contributed by atoms with Gasteiger partial charge in [0, 0.05) is 0 Å². The first-order chi connectivity index (χ1) is 12.3. The van der Waals surface area contributed by atoms with E-state index in [9.17, 15) is 9.90 Å². The first-order valence-electron chi connectivity index (χ1n) is 8.36. The van der Waals surface area contributed by atoms with E-state index in [2.05, 4.69) is 25.9 Å². The number of thiophene rings is 1. The van der Waals surface area contributed by atoms with E-state index in [1.165, 1.54) is 16.9 Å². The van der Waals surface area contributed by atoms with Crippen LogP contribution in [-0.2, 0) is 12.0 Å². The van der Waals surface area contributed by atoms with Gasteiger partial charge in [-0.25, -0.2) is 4.79 Å². The minimum Gasteiger partial charge on any atom is -0.491 e. The Morgan fingerprint density at radius 3 is 2.62 bits per heavy atom. The van der Waals surface area contributed by atoms with Crippen molar-refractivity contribution in [1.82, 2.24) is 9.78 Å². The maximum atomic E-state index is 11.9. The van der Waals surface area contributed by atoms with E-state index < -0.39 is 11.9 Å². The summed E-state index contributed by atoms with van der Waals surface area (Å²) < 4.78 is 11.8. The molecular formula is C19H22N2O4S. The molecule has 3 aromatic rings. The van der Waals surface area contributed by atoms with Crippen molar-refractivity contribution < 1.29 is 14.3 Å². The van der Waals surface area contributed by atoms with Crippen LogP contribution in [0, 0.1) is 0 Å². The molecule has 1 atom stereocenters. The molecule has 0 saturated carbocycles. The Morgan fingerprint density at radius 2 is 2.00 bits per heavy atom. The van der Waals surface area contributed by atoms with E-state index in [-0.39, 0.29) is 24.5 Å². The molecule has 0 spiro atoms. The number of hydrogen-bond donors (Lipinski definition) is 1. The molecule has 0 amide bonds. The summed E-state index contributed by atoms with van der Waals surface area (Å²) in [5.74, 6) is 0.335. The third kappa shape index (κ3) is 4.42. The molecule has 0 aliphatic heterocycles. The SMILES string of the molecule is CC(C)(C)c1ccc(OCC(O)Cn2nc(-c3cccs3)oc2=O)cc1. The zero-order chi connectivity index (χ0) is 18.7. The number of benzene rings is 1. The second-order valence-corrected chi connectivity index (χ2v) is 8.02. The Hall–Kier alpha value is -2.38. The van der Waals surface area contributed by atoms with Crippen LogP contribution in [-0.4, -0.2) is 27.6 Å². The minimum atomic E-state index is -0.878. The van der Waals surface area contributed by atoms with E-state index in [4.69, 9.17) is 9.15 Å². The molecule has 0 radical (unpaired) electrons. The molecule has 0 fully saturated rings. The Morgan fingerprint density at radius 1 is 1.27 bits per heavy atom. The van der Waals surface area contributed by atoms with E-state index in [1.807, 2.05) is 41.8 Å². The van der Waals surface area contributed by atoms with E-state index in [0.29, 0.717) is 5.75 Å². The van der Waals surface area contributed by atoms with Crippen molar-refractivity contribution in [2.24, 2.45) is 0 Å². The van der Waals surface area contributed by atoms with Crippen molar-refractivity contribution >= 4 is 11.3 Å². The number of aromatic nitrogens is 2. The maximum absolute atomic E-state index is 11.9. The molecule has 3 rings (SSSR count). The number of aliphatic hydroxyl groups is 1. The Kier molecular flexibility index (Phi) is 5.29. The normalized spacial score (nSPS) is 12.9. The van der Waals surface area contributed by atoms with Gasteiger partial charge in [0.25, 0.3) is 5.89 Å². The topological polar surface area (TPSA) is 77.5 Å². The van der Waals surface area contributed by atoms with Crippen LogP contribution >= 0.6 is 11.3 Å². The number of ether oxygens (including phenoxy) is 1. The van der Waals surface area contributed by atoms with Crippen molar-refractivity contribution in [2.75, 3.05) is 6.61 Å². The lowest BCUT2D eigenvalue weighted by atomic mass is 9.87. The quantitative estimate of drug-likeness (QED) is 0.716. The second-order valence-electron chi connectivity index (χ2n) is 7.07. The van der Waals surface area contributed by atoms with Gasteiger partial charge in [-0.1, -0.05) is 39.0 Å². The lowest BCUT2D eigenvalue weighted by Gasteiger charge is -2.19. The Balaban J connectivity index is 1.58. The van der Waals surface area contributed by atoms with Gasteiger partial charge in [0.15, 0.2) is 0 Å². The van der Waals surface area contributed by atoms with Crippen LogP contribution in [0.2, 0.25) is 0 Å². The zero-order valence-corrected chi connectivity index (χ0v) is 15.8. The number of nitrogens with zero attached hydrogens (tertiary/aromatic N) is 2. The summed E-state index contributed by atoms with van der Waals surface area (Å²) >= 11 is 1.43. The van der Waals surface area contributed by atoms with Gasteiger partial charge in [-0.3, -0.25) is 0 Å². The lowest BCUT2D eigenvalue weighted by Crippen LogP contribution is -2.29. The van der Waals surface area contributed by atoms with Crippen LogP contribution in [0.4, 0.5) is 0 Å². The molecule has 26 heavy (non-hydrogen) atoms. The highest BCUT2D eigenvalue weighted by Gasteiger charge is 2.16. The molecule has 138 valence electrons. The standard InChI is InChI=1S/C19H22N2O4S/c1-19(2,3)13-6-8-15(9-7-13)24-12-14(22)11-21-18(23)25-17(20-21)16-5-4-10-26-16/h4-10,14,22H,11-12H2,1-3H3. The molecule has 0 aliphatic carbocycles. The molecule has 7 heteroatoms. The molecule has 2 heterocycles. The van der Waals surface area contributed by atoms with Gasteiger partial charge in [-0.05, 0) is 34.6 Å². The minimum absolute atomic E-state index is 0.00772. The van der Waals surface area contributed by atoms with E-state index in [0.717, 1.165) is 9.56 Å². The van der Waals surface area contributed by atoms with Crippen LogP contribution in [0.3, 0.4) is 0 Å². The molecule has 0 bridgehead atoms. The van der Waals surface area contributed by atoms with Crippen LogP contribution in [0.1, 0.15) is 26.3 Å². The van der Waals surface area contributed by atoms with Gasteiger partial charge >= 0.3 is 5.76 Å². The average molecular weight is 374 g/mol. The number of hydrogen-bond acceptors (Lipinski definition) is 6. The number of aliphatic hydroxyl groups excluding tert-OH is 1. The van der Waals surface area contributed by atoms with Crippen molar-refractivity contribution in [2.45, 2.75) is 38.8 Å². The summed E-state index contributed by atoms with van der Waals surface area (Å²) in [6.07, 6.45) is -0.878. The number of rotatable bonds is 6. The van der Waals surface area contributed by atoms with Crippen molar-refractivity contribution in [3.8, 4) is 16.5 Å². The lowest BCUT2D eigenvalue weighted by molar-refractivity contribution is 0.0875. The summed E-state index contributed by atoms with van der Waals surface area (Å²) in [4.78, 5) is 12.6. The second kappa shape index (κ2) is 7.47. The fourth-order valence-corrected chi connectivity index (χ4v) is 3.06. The summed E-state index contributed by atoms with van der Waals surface area (Å²) in [6.45, 7) is 6.50. The van der Waals surface area contributed by atoms with Gasteiger partial charge in [-0.15, -0.1) is 16.4 Å². The van der Waals surface area contributed by atoms with E-state index in [1.54, 1.807) is 0 Å². The van der Waals surface area contributed by atoms with Crippen molar-refractivity contribution in [3.63, 3.8) is 0 Å². The summed E-state index contributed by atoms with van der Waals surface area (Å²) in [5, 5.41) is 16.1. The molecule has 1 unspecified atom stereocenters. The molecule has 1 aromatic carbocycles. The molecule has 2 aromatic heterocycles. The monoisotopic (exact) mass is 374 g/mol. The summed E-state index contributed by atoms with van der Waals surface area (Å²) in [6, 6.07) is 11.5. The highest BCUT2D eigenvalue weighted by atomic mass is 32.1. The largest absolute Gasteiger partial charge is 0.491 e. The highest BCUT2D eigenvalue weighted by Crippen LogP contribution is 2.24. The summed E-state index contributed by atoms with van der Waals surface area (Å²) in [7, 11) is 0. The molecular weight excluding hydrogens is 352 g/mol. The van der Waals surface area contributed by atoms with Gasteiger partial charge in [0.05, 0.1) is 11.4 Å². The van der Waals surface area contributed by atoms with Crippen molar-refractivity contribution in [3.05, 3.63) is 57.9 Å². The fraction of sp³-hybridized carbons (Fsp3) is 0.368. The third-order valence-electron chi connectivity index (χ3n) is 3.88. The van der Waals surface area contributed by atoms with Gasteiger partial charge in [0.1, 0.15) is 18.5 Å². The zero-order valence-electron chi connectivity index (χ0n) is 15.0. The van der Waals surface area contributed by atoms with Gasteiger partial charge < -0.3 is 14.3 Å². The summed E-state index contributed by atoms with van der Waals surface area (Å²) in [5.41, 5.74) is 1.28. The smallest absolute Gasteiger partial charge is 0.437 e. The van der Waals surface area contributed by atoms with E-state index >= 15 is 0 Å². The molecule has 1 N–H and O–H groups in total. The molecule has 6 nitrogen and oxygen atoms in total. The molecule has 0 aliphatic rings. The first kappa shape index (κ1) is 18.4. The Labute approximate surface area is 155 Å². The Bertz CT molecular complexity index is 889. The predicted molar refractivity (Wildman–Crippen MR) is 101 cm³/mol. The fourth-order valence-electron chi connectivity index (χ4n) is 2.42. The predicted octanol–water partition coefficient (Wildman–Crippen LogP) is 3.30. The maximum Gasteiger partial charge on any atom is 0.437 e. The van der Waals surface area contributed by atoms with Crippen LogP contribution < -0.4 is 10.5 Å². The van der Waals surface area contributed by atoms with Crippen LogP contribution in [0.5, 0.6) is 5.75 Å². The van der Waals surface area contributed by atoms with Crippen LogP contribution in [0.15, 0.2) is 51.0 Å². The van der Waals surface area contributed by atoms with Gasteiger partial charge in [0.2, 0.25) is 0 Å². The van der Waals surface area contributed by atoms with Crippen LogP contribution in [0.25, 0.3) is 10.8 Å². The average Bonchev–Trinajstić information content (AvgIpc) is 3.23. The highest BCUT2D eigenvalue weighted by molar-refractivity contribution is 7.13.